The molecule has 69 valence electrons. The zero-order valence-corrected chi connectivity index (χ0v) is 7.79. The van der Waals surface area contributed by atoms with Crippen molar-refractivity contribution in [3.8, 4) is 12.3 Å². The van der Waals surface area contributed by atoms with Gasteiger partial charge >= 0.3 is 0 Å². The molecule has 4 aliphatic carbocycles. The highest BCUT2D eigenvalue weighted by Crippen LogP contribution is 2.58. The first-order valence-electron chi connectivity index (χ1n) is 5.27. The quantitative estimate of drug-likeness (QED) is 0.556. The summed E-state index contributed by atoms with van der Waals surface area (Å²) in [6, 6.07) is 0. The van der Waals surface area contributed by atoms with Crippen molar-refractivity contribution in [1.82, 2.24) is 0 Å². The zero-order valence-electron chi connectivity index (χ0n) is 7.79. The lowest BCUT2D eigenvalue weighted by molar-refractivity contribution is -0.0664. The van der Waals surface area contributed by atoms with E-state index in [0.29, 0.717) is 5.92 Å². The first kappa shape index (κ1) is 7.88. The second kappa shape index (κ2) is 2.30. The normalized spacial score (nSPS) is 53.7. The summed E-state index contributed by atoms with van der Waals surface area (Å²) in [5.41, 5.74) is -0.812. The molecule has 0 aromatic rings. The maximum Gasteiger partial charge on any atom is 0.134 e. The summed E-state index contributed by atoms with van der Waals surface area (Å²) in [5, 5.41) is 10.3. The summed E-state index contributed by atoms with van der Waals surface area (Å²) in [5.74, 6) is 6.00. The first-order valence-corrected chi connectivity index (χ1v) is 5.27. The van der Waals surface area contributed by atoms with E-state index in [9.17, 15) is 5.11 Å². The van der Waals surface area contributed by atoms with Gasteiger partial charge in [-0.3, -0.25) is 0 Å². The molecule has 4 saturated carbocycles. The molecule has 0 amide bonds. The largest absolute Gasteiger partial charge is 0.377 e. The van der Waals surface area contributed by atoms with Crippen LogP contribution in [-0.2, 0) is 0 Å². The summed E-state index contributed by atoms with van der Waals surface area (Å²) in [6.45, 7) is 0. The van der Waals surface area contributed by atoms with Crippen molar-refractivity contribution < 1.29 is 5.11 Å². The van der Waals surface area contributed by atoms with Gasteiger partial charge in [-0.1, -0.05) is 5.92 Å². The van der Waals surface area contributed by atoms with Gasteiger partial charge in [0.2, 0.25) is 0 Å². The summed E-state index contributed by atoms with van der Waals surface area (Å²) < 4.78 is 0. The molecule has 1 N–H and O–H groups in total. The Hall–Kier alpha value is -0.480. The fraction of sp³-hybridized carbons (Fsp3) is 0.750. The first-order chi connectivity index (χ1) is 6.22. The Morgan fingerprint density at radius 3 is 2.31 bits per heavy atom. The van der Waals surface area contributed by atoms with Crippen LogP contribution in [0.1, 0.15) is 32.1 Å². The van der Waals surface area contributed by atoms with Crippen molar-refractivity contribution >= 4 is 0 Å². The third-order valence-corrected chi connectivity index (χ3v) is 4.32. The third-order valence-electron chi connectivity index (χ3n) is 4.32. The Balaban J connectivity index is 1.99. The van der Waals surface area contributed by atoms with E-state index in [1.165, 1.54) is 25.2 Å². The van der Waals surface area contributed by atoms with Gasteiger partial charge in [0.15, 0.2) is 0 Å². The molecule has 1 radical (unpaired) electrons. The van der Waals surface area contributed by atoms with Gasteiger partial charge in [0.25, 0.3) is 0 Å². The van der Waals surface area contributed by atoms with Crippen LogP contribution in [0.2, 0.25) is 0 Å². The molecule has 0 aliphatic heterocycles. The van der Waals surface area contributed by atoms with E-state index in [1.807, 2.05) is 0 Å². The van der Waals surface area contributed by atoms with E-state index >= 15 is 0 Å². The van der Waals surface area contributed by atoms with Crippen LogP contribution in [0.4, 0.5) is 0 Å². The summed E-state index contributed by atoms with van der Waals surface area (Å²) in [6.07, 6.45) is 11.4. The van der Waals surface area contributed by atoms with Crippen molar-refractivity contribution in [2.75, 3.05) is 0 Å². The smallest absolute Gasteiger partial charge is 0.134 e. The molecule has 3 atom stereocenters. The lowest BCUT2D eigenvalue weighted by Crippen LogP contribution is -2.55. The number of hydrogen-bond donors (Lipinski definition) is 1. The van der Waals surface area contributed by atoms with E-state index in [0.717, 1.165) is 24.7 Å². The average Bonchev–Trinajstić information content (AvgIpc) is 2.13. The molecule has 4 rings (SSSR count). The number of aliphatic hydroxyl groups is 1. The molecule has 3 unspecified atom stereocenters. The van der Waals surface area contributed by atoms with Gasteiger partial charge in [-0.15, -0.1) is 6.42 Å². The van der Waals surface area contributed by atoms with Gasteiger partial charge in [0.1, 0.15) is 5.60 Å². The monoisotopic (exact) mass is 175 g/mol. The fourth-order valence-electron chi connectivity index (χ4n) is 3.84. The predicted octanol–water partition coefficient (Wildman–Crippen LogP) is 1.77. The minimum absolute atomic E-state index is 0.388. The lowest BCUT2D eigenvalue weighted by atomic mass is 9.50. The molecule has 0 saturated heterocycles. The fourth-order valence-corrected chi connectivity index (χ4v) is 3.84. The molecular weight excluding hydrogens is 160 g/mol. The summed E-state index contributed by atoms with van der Waals surface area (Å²) >= 11 is 0. The summed E-state index contributed by atoms with van der Waals surface area (Å²) in [4.78, 5) is 0. The molecule has 4 bridgehead atoms. The molecule has 0 heterocycles. The van der Waals surface area contributed by atoms with Gasteiger partial charge < -0.3 is 5.11 Å². The molecule has 1 heteroatoms. The van der Waals surface area contributed by atoms with Crippen LogP contribution in [0.15, 0.2) is 0 Å². The number of hydrogen-bond acceptors (Lipinski definition) is 1. The molecule has 4 aliphatic rings. The topological polar surface area (TPSA) is 20.2 Å². The highest BCUT2D eigenvalue weighted by atomic mass is 16.3. The van der Waals surface area contributed by atoms with Crippen LogP contribution in [0, 0.1) is 36.0 Å². The minimum Gasteiger partial charge on any atom is -0.377 e. The Morgan fingerprint density at radius 2 is 1.85 bits per heavy atom. The number of terminal acetylenes is 1. The lowest BCUT2D eigenvalue weighted by Gasteiger charge is -2.56. The van der Waals surface area contributed by atoms with Gasteiger partial charge in [-0.2, -0.15) is 0 Å². The SMILES string of the molecule is C#CC1(O)[C]2CC3CC(C2)CC1C3. The molecule has 13 heavy (non-hydrogen) atoms. The van der Waals surface area contributed by atoms with Crippen LogP contribution in [-0.4, -0.2) is 10.7 Å². The molecule has 0 aromatic carbocycles. The van der Waals surface area contributed by atoms with Crippen LogP contribution >= 0.6 is 0 Å². The average molecular weight is 175 g/mol. The Kier molecular flexibility index (Phi) is 1.40. The third kappa shape index (κ3) is 0.876. The second-order valence-corrected chi connectivity index (χ2v) is 5.06. The van der Waals surface area contributed by atoms with E-state index in [2.05, 4.69) is 5.92 Å². The molecule has 1 nitrogen and oxygen atoms in total. The predicted molar refractivity (Wildman–Crippen MR) is 50.6 cm³/mol. The van der Waals surface area contributed by atoms with Crippen molar-refractivity contribution in [3.63, 3.8) is 0 Å². The maximum atomic E-state index is 10.3. The van der Waals surface area contributed by atoms with Crippen LogP contribution in [0.25, 0.3) is 0 Å². The second-order valence-electron chi connectivity index (χ2n) is 5.06. The molecule has 0 spiro atoms. The van der Waals surface area contributed by atoms with E-state index < -0.39 is 5.60 Å². The van der Waals surface area contributed by atoms with E-state index in [-0.39, 0.29) is 0 Å². The van der Waals surface area contributed by atoms with Crippen molar-refractivity contribution in [3.05, 3.63) is 5.92 Å². The van der Waals surface area contributed by atoms with Gasteiger partial charge in [0, 0.05) is 11.8 Å². The minimum atomic E-state index is -0.812. The van der Waals surface area contributed by atoms with Gasteiger partial charge in [-0.25, -0.2) is 0 Å². The van der Waals surface area contributed by atoms with Crippen LogP contribution in [0.3, 0.4) is 0 Å². The van der Waals surface area contributed by atoms with Crippen molar-refractivity contribution in [1.29, 1.82) is 0 Å². The highest BCUT2D eigenvalue weighted by Gasteiger charge is 2.56. The Bertz CT molecular complexity index is 245. The van der Waals surface area contributed by atoms with Crippen molar-refractivity contribution in [2.45, 2.75) is 37.7 Å². The Morgan fingerprint density at radius 1 is 1.23 bits per heavy atom. The molecular formula is C12H15O. The Labute approximate surface area is 79.5 Å². The molecule has 0 aromatic heterocycles. The summed E-state index contributed by atoms with van der Waals surface area (Å²) in [7, 11) is 0. The van der Waals surface area contributed by atoms with E-state index in [4.69, 9.17) is 6.42 Å². The van der Waals surface area contributed by atoms with Crippen LogP contribution in [0.5, 0.6) is 0 Å². The highest BCUT2D eigenvalue weighted by molar-refractivity contribution is 5.32. The van der Waals surface area contributed by atoms with Crippen molar-refractivity contribution in [2.24, 2.45) is 17.8 Å². The van der Waals surface area contributed by atoms with E-state index in [1.54, 1.807) is 0 Å². The van der Waals surface area contributed by atoms with Gasteiger partial charge in [-0.05, 0) is 43.9 Å². The van der Waals surface area contributed by atoms with Gasteiger partial charge in [0.05, 0.1) is 0 Å². The van der Waals surface area contributed by atoms with Crippen LogP contribution < -0.4 is 0 Å². The number of rotatable bonds is 0. The standard InChI is InChI=1S/C12H15O/c1-2-12(13)10-4-8-3-9(6-10)7-11(12)5-8/h1,8-10,13H,3-7H2. The maximum absolute atomic E-state index is 10.3. The zero-order chi connectivity index (χ0) is 9.05. The molecule has 4 fully saturated rings.